The molecule has 0 aliphatic carbocycles. The van der Waals surface area contributed by atoms with Gasteiger partial charge in [0.25, 0.3) is 0 Å². The zero-order chi connectivity index (χ0) is 14.8. The highest BCUT2D eigenvalue weighted by Crippen LogP contribution is 2.31. The highest BCUT2D eigenvalue weighted by Gasteiger charge is 2.06. The molecule has 0 radical (unpaired) electrons. The molecule has 3 aromatic carbocycles. The van der Waals surface area contributed by atoms with Gasteiger partial charge in [-0.3, -0.25) is 4.79 Å². The average Bonchev–Trinajstić information content (AvgIpc) is 2.53. The molecule has 0 bridgehead atoms. The Morgan fingerprint density at radius 3 is 2.43 bits per heavy atom. The molecule has 3 aromatic rings. The van der Waals surface area contributed by atoms with E-state index in [9.17, 15) is 4.79 Å². The van der Waals surface area contributed by atoms with Gasteiger partial charge in [0.2, 0.25) is 0 Å². The van der Waals surface area contributed by atoms with Crippen LogP contribution in [0, 0.1) is 0 Å². The summed E-state index contributed by atoms with van der Waals surface area (Å²) >= 11 is 6.26. The second-order valence-corrected chi connectivity index (χ2v) is 5.19. The number of carbonyl (C=O) groups excluding carboxylic acids is 1. The highest BCUT2D eigenvalue weighted by molar-refractivity contribution is 6.33. The van der Waals surface area contributed by atoms with Crippen molar-refractivity contribution in [3.63, 3.8) is 0 Å². The van der Waals surface area contributed by atoms with E-state index >= 15 is 0 Å². The van der Waals surface area contributed by atoms with E-state index < -0.39 is 0 Å². The second kappa shape index (κ2) is 5.58. The Hall–Kier alpha value is -2.32. The Labute approximate surface area is 127 Å². The normalized spacial score (nSPS) is 10.6. The summed E-state index contributed by atoms with van der Waals surface area (Å²) in [6, 6.07) is 17.4. The van der Waals surface area contributed by atoms with E-state index in [1.54, 1.807) is 19.2 Å². The summed E-state index contributed by atoms with van der Waals surface area (Å²) in [5, 5.41) is 2.80. The number of hydrogen-bond donors (Lipinski definition) is 0. The van der Waals surface area contributed by atoms with Crippen molar-refractivity contribution in [2.45, 2.75) is 0 Å². The van der Waals surface area contributed by atoms with Crippen molar-refractivity contribution in [2.24, 2.45) is 0 Å². The number of hydrogen-bond acceptors (Lipinski definition) is 2. The molecule has 0 saturated carbocycles. The van der Waals surface area contributed by atoms with Crippen LogP contribution in [0.3, 0.4) is 0 Å². The van der Waals surface area contributed by atoms with Crippen LogP contribution in [0.5, 0.6) is 5.75 Å². The van der Waals surface area contributed by atoms with Crippen LogP contribution in [-0.2, 0) is 0 Å². The van der Waals surface area contributed by atoms with E-state index in [0.717, 1.165) is 33.9 Å². The number of ether oxygens (including phenoxy) is 1. The van der Waals surface area contributed by atoms with Crippen molar-refractivity contribution in [3.05, 3.63) is 65.2 Å². The maximum absolute atomic E-state index is 10.8. The van der Waals surface area contributed by atoms with Crippen LogP contribution in [0.2, 0.25) is 5.02 Å². The van der Waals surface area contributed by atoms with Crippen molar-refractivity contribution < 1.29 is 9.53 Å². The fraction of sp³-hybridized carbons (Fsp3) is 0.0556. The third kappa shape index (κ3) is 2.63. The lowest BCUT2D eigenvalue weighted by molar-refractivity contribution is 0.112. The third-order valence-corrected chi connectivity index (χ3v) is 3.80. The Morgan fingerprint density at radius 2 is 1.71 bits per heavy atom. The van der Waals surface area contributed by atoms with Crippen molar-refractivity contribution in [3.8, 4) is 16.9 Å². The molecule has 0 saturated heterocycles. The molecule has 0 unspecified atom stereocenters. The minimum absolute atomic E-state index is 0.576. The molecule has 0 N–H and O–H groups in total. The summed E-state index contributed by atoms with van der Waals surface area (Å²) in [5.41, 5.74) is 2.52. The van der Waals surface area contributed by atoms with Gasteiger partial charge in [0, 0.05) is 16.1 Å². The number of benzene rings is 3. The Morgan fingerprint density at radius 1 is 0.952 bits per heavy atom. The first-order chi connectivity index (χ1) is 10.2. The van der Waals surface area contributed by atoms with Gasteiger partial charge in [-0.25, -0.2) is 0 Å². The minimum Gasteiger partial charge on any atom is -0.497 e. The first-order valence-corrected chi connectivity index (χ1v) is 6.92. The zero-order valence-electron chi connectivity index (χ0n) is 11.5. The Kier molecular flexibility index (Phi) is 3.63. The largest absolute Gasteiger partial charge is 0.497 e. The van der Waals surface area contributed by atoms with Gasteiger partial charge in [-0.1, -0.05) is 41.9 Å². The standard InChI is InChI=1S/C18H13ClO2/c1-21-16-6-5-13-9-15(4-3-14(13)10-16)17-7-2-12(11-20)8-18(17)19/h2-11H,1H3. The second-order valence-electron chi connectivity index (χ2n) is 4.78. The molecule has 0 aliphatic rings. The maximum Gasteiger partial charge on any atom is 0.150 e. The van der Waals surface area contributed by atoms with Crippen LogP contribution >= 0.6 is 11.6 Å². The van der Waals surface area contributed by atoms with Gasteiger partial charge < -0.3 is 4.74 Å². The molecular weight excluding hydrogens is 284 g/mol. The van der Waals surface area contributed by atoms with Gasteiger partial charge in [0.05, 0.1) is 7.11 Å². The number of aldehydes is 1. The SMILES string of the molecule is COc1ccc2cc(-c3ccc(C=O)cc3Cl)ccc2c1. The number of fused-ring (bicyclic) bond motifs is 1. The Balaban J connectivity index is 2.10. The van der Waals surface area contributed by atoms with Crippen molar-refractivity contribution in [1.82, 2.24) is 0 Å². The van der Waals surface area contributed by atoms with Gasteiger partial charge >= 0.3 is 0 Å². The summed E-state index contributed by atoms with van der Waals surface area (Å²) in [6.45, 7) is 0. The molecule has 0 amide bonds. The number of carbonyl (C=O) groups is 1. The van der Waals surface area contributed by atoms with Gasteiger partial charge in [0.1, 0.15) is 12.0 Å². The molecule has 0 aromatic heterocycles. The van der Waals surface area contributed by atoms with E-state index in [2.05, 4.69) is 6.07 Å². The van der Waals surface area contributed by atoms with Crippen LogP contribution < -0.4 is 4.74 Å². The molecule has 21 heavy (non-hydrogen) atoms. The molecule has 104 valence electrons. The smallest absolute Gasteiger partial charge is 0.150 e. The lowest BCUT2D eigenvalue weighted by Crippen LogP contribution is -1.85. The molecule has 3 heteroatoms. The molecule has 2 nitrogen and oxygen atoms in total. The Bertz CT molecular complexity index is 825. The molecule has 0 spiro atoms. The zero-order valence-corrected chi connectivity index (χ0v) is 12.2. The van der Waals surface area contributed by atoms with Crippen LogP contribution in [-0.4, -0.2) is 13.4 Å². The highest BCUT2D eigenvalue weighted by atomic mass is 35.5. The van der Waals surface area contributed by atoms with Gasteiger partial charge in [-0.15, -0.1) is 0 Å². The van der Waals surface area contributed by atoms with Crippen LogP contribution in [0.25, 0.3) is 21.9 Å². The van der Waals surface area contributed by atoms with E-state index in [1.807, 2.05) is 36.4 Å². The molecule has 0 heterocycles. The van der Waals surface area contributed by atoms with Crippen molar-refractivity contribution >= 4 is 28.7 Å². The predicted octanol–water partition coefficient (Wildman–Crippen LogP) is 4.98. The first-order valence-electron chi connectivity index (χ1n) is 6.54. The molecule has 0 aliphatic heterocycles. The molecular formula is C18H13ClO2. The quantitative estimate of drug-likeness (QED) is 0.637. The molecule has 3 rings (SSSR count). The minimum atomic E-state index is 0.576. The van der Waals surface area contributed by atoms with Crippen LogP contribution in [0.1, 0.15) is 10.4 Å². The van der Waals surface area contributed by atoms with Gasteiger partial charge in [-0.05, 0) is 40.6 Å². The van der Waals surface area contributed by atoms with Crippen LogP contribution in [0.15, 0.2) is 54.6 Å². The maximum atomic E-state index is 10.8. The average molecular weight is 297 g/mol. The van der Waals surface area contributed by atoms with E-state index in [0.29, 0.717) is 10.6 Å². The first kappa shape index (κ1) is 13.7. The van der Waals surface area contributed by atoms with Gasteiger partial charge in [-0.2, -0.15) is 0 Å². The summed E-state index contributed by atoms with van der Waals surface area (Å²) in [4.78, 5) is 10.8. The van der Waals surface area contributed by atoms with E-state index in [4.69, 9.17) is 16.3 Å². The molecule has 0 atom stereocenters. The van der Waals surface area contributed by atoms with Gasteiger partial charge in [0.15, 0.2) is 0 Å². The predicted molar refractivity (Wildman–Crippen MR) is 86.3 cm³/mol. The fourth-order valence-electron chi connectivity index (χ4n) is 2.36. The topological polar surface area (TPSA) is 26.3 Å². The summed E-state index contributed by atoms with van der Waals surface area (Å²) in [5.74, 6) is 0.837. The fourth-order valence-corrected chi connectivity index (χ4v) is 2.66. The van der Waals surface area contributed by atoms with Crippen LogP contribution in [0.4, 0.5) is 0 Å². The number of methoxy groups -OCH3 is 1. The summed E-state index contributed by atoms with van der Waals surface area (Å²) in [6.07, 6.45) is 0.794. The van der Waals surface area contributed by atoms with Crippen molar-refractivity contribution in [2.75, 3.05) is 7.11 Å². The number of rotatable bonds is 3. The van der Waals surface area contributed by atoms with E-state index in [1.165, 1.54) is 0 Å². The monoisotopic (exact) mass is 296 g/mol. The molecule has 0 fully saturated rings. The lowest BCUT2D eigenvalue weighted by atomic mass is 10.00. The van der Waals surface area contributed by atoms with Crippen molar-refractivity contribution in [1.29, 1.82) is 0 Å². The number of halogens is 1. The summed E-state index contributed by atoms with van der Waals surface area (Å²) in [7, 11) is 1.66. The third-order valence-electron chi connectivity index (χ3n) is 3.49. The van der Waals surface area contributed by atoms with E-state index in [-0.39, 0.29) is 0 Å². The lowest BCUT2D eigenvalue weighted by Gasteiger charge is -2.08. The summed E-state index contributed by atoms with van der Waals surface area (Å²) < 4.78 is 5.23.